The van der Waals surface area contributed by atoms with Crippen LogP contribution in [0, 0.1) is 0 Å². The summed E-state index contributed by atoms with van der Waals surface area (Å²) in [6.45, 7) is 0.125. The average molecular weight is 217 g/mol. The van der Waals surface area contributed by atoms with Crippen LogP contribution in [-0.4, -0.2) is 14.7 Å². The molecule has 2 aromatic rings. The number of aromatic hydroxyl groups is 1. The Bertz CT molecular complexity index is 563. The van der Waals surface area contributed by atoms with Crippen molar-refractivity contribution in [2.45, 2.75) is 6.54 Å². The van der Waals surface area contributed by atoms with Crippen molar-refractivity contribution >= 4 is 0 Å². The first-order valence-corrected chi connectivity index (χ1v) is 4.78. The minimum atomic E-state index is -0.339. The second-order valence-corrected chi connectivity index (χ2v) is 3.30. The molecule has 1 aromatic heterocycles. The maximum Gasteiger partial charge on any atom is 0.277 e. The van der Waals surface area contributed by atoms with Gasteiger partial charge in [-0.05, 0) is 12.1 Å². The molecule has 2 rings (SSSR count). The Hall–Kier alpha value is -2.14. The van der Waals surface area contributed by atoms with Crippen molar-refractivity contribution in [2.24, 2.45) is 5.73 Å². The van der Waals surface area contributed by atoms with Crippen molar-refractivity contribution in [3.05, 3.63) is 52.7 Å². The van der Waals surface area contributed by atoms with E-state index in [1.165, 1.54) is 6.33 Å². The van der Waals surface area contributed by atoms with Gasteiger partial charge < -0.3 is 15.4 Å². The van der Waals surface area contributed by atoms with Gasteiger partial charge in [-0.15, -0.1) is 0 Å². The molecular formula is C11H11N3O2. The summed E-state index contributed by atoms with van der Waals surface area (Å²) >= 11 is 0. The zero-order chi connectivity index (χ0) is 11.5. The highest BCUT2D eigenvalue weighted by Gasteiger charge is 2.04. The predicted molar refractivity (Wildman–Crippen MR) is 59.4 cm³/mol. The molecule has 0 saturated heterocycles. The van der Waals surface area contributed by atoms with Gasteiger partial charge in [0, 0.05) is 18.3 Å². The minimum absolute atomic E-state index is 0.121. The Morgan fingerprint density at radius 2 is 2.12 bits per heavy atom. The molecule has 0 fully saturated rings. The maximum atomic E-state index is 11.3. The largest absolute Gasteiger partial charge is 0.506 e. The van der Waals surface area contributed by atoms with Crippen molar-refractivity contribution < 1.29 is 5.11 Å². The van der Waals surface area contributed by atoms with Crippen molar-refractivity contribution in [3.8, 4) is 11.4 Å². The van der Waals surface area contributed by atoms with E-state index in [0.717, 1.165) is 0 Å². The zero-order valence-corrected chi connectivity index (χ0v) is 8.50. The summed E-state index contributed by atoms with van der Waals surface area (Å²) in [5.74, 6) is 0.121. The second kappa shape index (κ2) is 4.16. The van der Waals surface area contributed by atoms with Crippen molar-refractivity contribution in [2.75, 3.05) is 0 Å². The van der Waals surface area contributed by atoms with Crippen LogP contribution in [0.2, 0.25) is 0 Å². The van der Waals surface area contributed by atoms with E-state index in [9.17, 15) is 9.90 Å². The van der Waals surface area contributed by atoms with Crippen LogP contribution in [0.3, 0.4) is 0 Å². The van der Waals surface area contributed by atoms with E-state index < -0.39 is 0 Å². The van der Waals surface area contributed by atoms with Crippen molar-refractivity contribution in [3.63, 3.8) is 0 Å². The van der Waals surface area contributed by atoms with E-state index >= 15 is 0 Å². The van der Waals surface area contributed by atoms with E-state index in [1.807, 2.05) is 0 Å². The van der Waals surface area contributed by atoms with Gasteiger partial charge in [-0.1, -0.05) is 12.1 Å². The van der Waals surface area contributed by atoms with Crippen LogP contribution >= 0.6 is 0 Å². The van der Waals surface area contributed by atoms with Gasteiger partial charge in [0.1, 0.15) is 12.1 Å². The van der Waals surface area contributed by atoms with Crippen LogP contribution in [0.15, 0.2) is 41.6 Å². The van der Waals surface area contributed by atoms with Crippen molar-refractivity contribution in [1.82, 2.24) is 9.55 Å². The van der Waals surface area contributed by atoms with E-state index in [0.29, 0.717) is 11.3 Å². The molecular weight excluding hydrogens is 206 g/mol. The summed E-state index contributed by atoms with van der Waals surface area (Å²) in [7, 11) is 0. The first-order valence-electron chi connectivity index (χ1n) is 4.78. The standard InChI is InChI=1S/C11H11N3O2/c12-5-8-6-14(7-13-11(8)16)9-3-1-2-4-10(9)15/h1-4,6-7,15H,5,12H2. The van der Waals surface area contributed by atoms with Crippen molar-refractivity contribution in [1.29, 1.82) is 0 Å². The third-order valence-electron chi connectivity index (χ3n) is 2.25. The number of nitrogens with two attached hydrogens (primary N) is 1. The number of phenolic OH excluding ortho intramolecular Hbond substituents is 1. The molecule has 82 valence electrons. The van der Waals surface area contributed by atoms with Crippen LogP contribution in [0.25, 0.3) is 5.69 Å². The fourth-order valence-corrected chi connectivity index (χ4v) is 1.41. The van der Waals surface area contributed by atoms with Crippen LogP contribution in [-0.2, 0) is 6.54 Å². The Morgan fingerprint density at radius 3 is 2.81 bits per heavy atom. The molecule has 1 aromatic carbocycles. The average Bonchev–Trinajstić information content (AvgIpc) is 2.31. The number of benzene rings is 1. The maximum absolute atomic E-state index is 11.3. The highest BCUT2D eigenvalue weighted by atomic mass is 16.3. The second-order valence-electron chi connectivity index (χ2n) is 3.30. The number of phenols is 1. The van der Waals surface area contributed by atoms with E-state index in [4.69, 9.17) is 5.73 Å². The molecule has 1 heterocycles. The molecule has 0 spiro atoms. The number of rotatable bonds is 2. The van der Waals surface area contributed by atoms with E-state index in [1.54, 1.807) is 35.0 Å². The molecule has 0 radical (unpaired) electrons. The summed E-state index contributed by atoms with van der Waals surface area (Å²) in [4.78, 5) is 14.9. The SMILES string of the molecule is NCc1cn(-c2ccccc2O)cnc1=O. The van der Waals surface area contributed by atoms with Crippen LogP contribution in [0.5, 0.6) is 5.75 Å². The first kappa shape index (κ1) is 10.4. The Labute approximate surface area is 91.8 Å². The molecule has 16 heavy (non-hydrogen) atoms. The molecule has 5 nitrogen and oxygen atoms in total. The Balaban J connectivity index is 2.57. The summed E-state index contributed by atoms with van der Waals surface area (Å²) in [6, 6.07) is 6.80. The lowest BCUT2D eigenvalue weighted by molar-refractivity contribution is 0.472. The molecule has 0 aliphatic carbocycles. The minimum Gasteiger partial charge on any atom is -0.506 e. The number of para-hydroxylation sites is 2. The Kier molecular flexibility index (Phi) is 2.70. The molecule has 5 heteroatoms. The molecule has 0 aliphatic rings. The Morgan fingerprint density at radius 1 is 1.38 bits per heavy atom. The molecule has 3 N–H and O–H groups in total. The van der Waals surface area contributed by atoms with Crippen LogP contribution in [0.1, 0.15) is 5.56 Å². The van der Waals surface area contributed by atoms with Gasteiger partial charge in [0.15, 0.2) is 0 Å². The molecule has 0 unspecified atom stereocenters. The zero-order valence-electron chi connectivity index (χ0n) is 8.50. The molecule has 0 amide bonds. The highest BCUT2D eigenvalue weighted by molar-refractivity contribution is 5.45. The lowest BCUT2D eigenvalue weighted by atomic mass is 10.2. The normalized spacial score (nSPS) is 10.3. The third-order valence-corrected chi connectivity index (χ3v) is 2.25. The predicted octanol–water partition coefficient (Wildman–Crippen LogP) is 0.397. The van der Waals surface area contributed by atoms with E-state index in [2.05, 4.69) is 4.98 Å². The molecule has 0 saturated carbocycles. The number of nitrogens with zero attached hydrogens (tertiary/aromatic N) is 2. The number of aromatic nitrogens is 2. The number of hydrogen-bond donors (Lipinski definition) is 2. The monoisotopic (exact) mass is 217 g/mol. The van der Waals surface area contributed by atoms with E-state index in [-0.39, 0.29) is 17.9 Å². The summed E-state index contributed by atoms with van der Waals surface area (Å²) in [5, 5.41) is 9.64. The van der Waals surface area contributed by atoms with Gasteiger partial charge in [0.2, 0.25) is 0 Å². The lowest BCUT2D eigenvalue weighted by Crippen LogP contribution is -2.18. The third kappa shape index (κ3) is 1.80. The van der Waals surface area contributed by atoms with Gasteiger partial charge in [-0.3, -0.25) is 4.79 Å². The highest BCUT2D eigenvalue weighted by Crippen LogP contribution is 2.19. The van der Waals surface area contributed by atoms with Gasteiger partial charge >= 0.3 is 0 Å². The quantitative estimate of drug-likeness (QED) is 0.762. The molecule has 0 aliphatic heterocycles. The summed E-state index contributed by atoms with van der Waals surface area (Å²) < 4.78 is 1.57. The van der Waals surface area contributed by atoms with Gasteiger partial charge in [0.25, 0.3) is 5.56 Å². The van der Waals surface area contributed by atoms with Gasteiger partial charge in [-0.2, -0.15) is 4.98 Å². The van der Waals surface area contributed by atoms with Gasteiger partial charge in [0.05, 0.1) is 5.69 Å². The number of hydrogen-bond acceptors (Lipinski definition) is 4. The fourth-order valence-electron chi connectivity index (χ4n) is 1.41. The summed E-state index contributed by atoms with van der Waals surface area (Å²) in [5.41, 5.74) is 6.05. The topological polar surface area (TPSA) is 81.1 Å². The van der Waals surface area contributed by atoms with Crippen LogP contribution in [0.4, 0.5) is 0 Å². The van der Waals surface area contributed by atoms with Crippen LogP contribution < -0.4 is 11.3 Å². The summed E-state index contributed by atoms with van der Waals surface area (Å²) in [6.07, 6.45) is 2.93. The fraction of sp³-hybridized carbons (Fsp3) is 0.0909. The first-order chi connectivity index (χ1) is 7.72. The smallest absolute Gasteiger partial charge is 0.277 e. The van der Waals surface area contributed by atoms with Gasteiger partial charge in [-0.25, -0.2) is 0 Å². The lowest BCUT2D eigenvalue weighted by Gasteiger charge is -2.08. The molecule has 0 atom stereocenters. The molecule has 0 bridgehead atoms.